The van der Waals surface area contributed by atoms with Crippen LogP contribution in [-0.4, -0.2) is 36.7 Å². The third-order valence-corrected chi connectivity index (χ3v) is 3.54. The van der Waals surface area contributed by atoms with Gasteiger partial charge in [-0.2, -0.15) is 11.8 Å². The molecule has 0 bridgehead atoms. The van der Waals surface area contributed by atoms with E-state index in [1.54, 1.807) is 0 Å². The van der Waals surface area contributed by atoms with Gasteiger partial charge >= 0.3 is 5.97 Å². The second-order valence-electron chi connectivity index (χ2n) is 3.36. The standard InChI is InChI=1S/C9H17NO2S/c1-7-5-8(6-13-7)10-4-3-9(11)12-2/h7-8,10H,3-6H2,1-2H3. The summed E-state index contributed by atoms with van der Waals surface area (Å²) in [4.78, 5) is 10.8. The van der Waals surface area contributed by atoms with Crippen LogP contribution in [0.2, 0.25) is 0 Å². The minimum atomic E-state index is -0.133. The molecule has 0 amide bonds. The van der Waals surface area contributed by atoms with E-state index in [1.165, 1.54) is 19.3 Å². The van der Waals surface area contributed by atoms with Crippen LogP contribution in [0.25, 0.3) is 0 Å². The number of carbonyl (C=O) groups is 1. The SMILES string of the molecule is COC(=O)CCNC1CSC(C)C1. The number of rotatable bonds is 4. The fraction of sp³-hybridized carbons (Fsp3) is 0.889. The third kappa shape index (κ3) is 4.00. The molecule has 0 aromatic rings. The van der Waals surface area contributed by atoms with Gasteiger partial charge in [0.1, 0.15) is 0 Å². The van der Waals surface area contributed by atoms with Gasteiger partial charge in [0.25, 0.3) is 0 Å². The van der Waals surface area contributed by atoms with E-state index >= 15 is 0 Å². The Morgan fingerprint density at radius 2 is 2.46 bits per heavy atom. The molecule has 1 N–H and O–H groups in total. The van der Waals surface area contributed by atoms with Crippen LogP contribution < -0.4 is 5.32 Å². The van der Waals surface area contributed by atoms with Gasteiger partial charge in [-0.05, 0) is 6.42 Å². The van der Waals surface area contributed by atoms with Crippen molar-refractivity contribution >= 4 is 17.7 Å². The number of hydrogen-bond donors (Lipinski definition) is 1. The summed E-state index contributed by atoms with van der Waals surface area (Å²) < 4.78 is 4.55. The molecule has 1 heterocycles. The second kappa shape index (κ2) is 5.50. The Morgan fingerprint density at radius 3 is 3.00 bits per heavy atom. The molecule has 1 aliphatic heterocycles. The Balaban J connectivity index is 2.03. The highest BCUT2D eigenvalue weighted by Gasteiger charge is 2.20. The Labute approximate surface area is 83.6 Å². The van der Waals surface area contributed by atoms with Gasteiger partial charge in [0.15, 0.2) is 0 Å². The number of ether oxygens (including phenoxy) is 1. The van der Waals surface area contributed by atoms with E-state index in [-0.39, 0.29) is 5.97 Å². The van der Waals surface area contributed by atoms with E-state index < -0.39 is 0 Å². The number of hydrogen-bond acceptors (Lipinski definition) is 4. The Kier molecular flexibility index (Phi) is 4.59. The topological polar surface area (TPSA) is 38.3 Å². The molecule has 2 unspecified atom stereocenters. The van der Waals surface area contributed by atoms with Crippen molar-refractivity contribution in [3.8, 4) is 0 Å². The van der Waals surface area contributed by atoms with Crippen molar-refractivity contribution in [1.29, 1.82) is 0 Å². The van der Waals surface area contributed by atoms with Gasteiger partial charge in [-0.15, -0.1) is 0 Å². The first-order valence-corrected chi connectivity index (χ1v) is 5.69. The summed E-state index contributed by atoms with van der Waals surface area (Å²) in [6, 6.07) is 0.588. The van der Waals surface area contributed by atoms with Crippen molar-refractivity contribution < 1.29 is 9.53 Å². The number of methoxy groups -OCH3 is 1. The van der Waals surface area contributed by atoms with Crippen molar-refractivity contribution in [2.24, 2.45) is 0 Å². The van der Waals surface area contributed by atoms with Crippen LogP contribution in [0.15, 0.2) is 0 Å². The molecule has 0 aromatic carbocycles. The molecule has 1 aliphatic rings. The maximum atomic E-state index is 10.8. The monoisotopic (exact) mass is 203 g/mol. The van der Waals surface area contributed by atoms with Crippen molar-refractivity contribution in [2.45, 2.75) is 31.1 Å². The number of carbonyl (C=O) groups excluding carboxylic acids is 1. The molecular formula is C9H17NO2S. The van der Waals surface area contributed by atoms with E-state index in [2.05, 4.69) is 17.0 Å². The molecule has 4 heteroatoms. The zero-order valence-corrected chi connectivity index (χ0v) is 9.02. The normalized spacial score (nSPS) is 27.5. The van der Waals surface area contributed by atoms with Crippen LogP contribution in [0.4, 0.5) is 0 Å². The largest absolute Gasteiger partial charge is 0.469 e. The zero-order chi connectivity index (χ0) is 9.68. The first kappa shape index (κ1) is 10.9. The first-order valence-electron chi connectivity index (χ1n) is 4.64. The van der Waals surface area contributed by atoms with Crippen molar-refractivity contribution in [3.63, 3.8) is 0 Å². The number of esters is 1. The molecule has 3 nitrogen and oxygen atoms in total. The molecule has 1 fully saturated rings. The van der Waals surface area contributed by atoms with E-state index in [0.717, 1.165) is 11.8 Å². The first-order chi connectivity index (χ1) is 6.22. The Bertz CT molecular complexity index is 175. The fourth-order valence-electron chi connectivity index (χ4n) is 1.44. The summed E-state index contributed by atoms with van der Waals surface area (Å²) in [5, 5.41) is 4.12. The van der Waals surface area contributed by atoms with Crippen molar-refractivity contribution in [1.82, 2.24) is 5.32 Å². The molecule has 1 saturated heterocycles. The lowest BCUT2D eigenvalue weighted by molar-refractivity contribution is -0.140. The highest BCUT2D eigenvalue weighted by atomic mass is 32.2. The average Bonchev–Trinajstić information content (AvgIpc) is 2.51. The molecule has 13 heavy (non-hydrogen) atoms. The molecule has 0 aromatic heterocycles. The maximum Gasteiger partial charge on any atom is 0.306 e. The summed E-state index contributed by atoms with van der Waals surface area (Å²) in [6.45, 7) is 2.98. The zero-order valence-electron chi connectivity index (χ0n) is 8.21. The summed E-state index contributed by atoms with van der Waals surface area (Å²) in [5.41, 5.74) is 0. The smallest absolute Gasteiger partial charge is 0.306 e. The molecule has 0 radical (unpaired) electrons. The van der Waals surface area contributed by atoms with Crippen LogP contribution in [0.1, 0.15) is 19.8 Å². The molecule has 0 saturated carbocycles. The Hall–Kier alpha value is -0.220. The van der Waals surface area contributed by atoms with Gasteiger partial charge in [0, 0.05) is 23.6 Å². The van der Waals surface area contributed by atoms with E-state index in [0.29, 0.717) is 12.5 Å². The minimum Gasteiger partial charge on any atom is -0.469 e. The molecule has 1 rings (SSSR count). The minimum absolute atomic E-state index is 0.133. The lowest BCUT2D eigenvalue weighted by Crippen LogP contribution is -2.31. The maximum absolute atomic E-state index is 10.8. The van der Waals surface area contributed by atoms with Gasteiger partial charge in [0.05, 0.1) is 13.5 Å². The average molecular weight is 203 g/mol. The highest BCUT2D eigenvalue weighted by molar-refractivity contribution is 8.00. The fourth-order valence-corrected chi connectivity index (χ4v) is 2.62. The summed E-state index contributed by atoms with van der Waals surface area (Å²) in [5.74, 6) is 1.04. The van der Waals surface area contributed by atoms with Gasteiger partial charge in [-0.1, -0.05) is 6.92 Å². The lowest BCUT2D eigenvalue weighted by Gasteiger charge is -2.10. The van der Waals surface area contributed by atoms with E-state index in [1.807, 2.05) is 11.8 Å². The molecule has 0 spiro atoms. The summed E-state index contributed by atoms with van der Waals surface area (Å²) >= 11 is 1.99. The number of thioether (sulfide) groups is 1. The van der Waals surface area contributed by atoms with Gasteiger partial charge in [-0.3, -0.25) is 4.79 Å². The van der Waals surface area contributed by atoms with Crippen LogP contribution in [0.5, 0.6) is 0 Å². The van der Waals surface area contributed by atoms with Gasteiger partial charge in [-0.25, -0.2) is 0 Å². The van der Waals surface area contributed by atoms with Crippen LogP contribution >= 0.6 is 11.8 Å². The van der Waals surface area contributed by atoms with Gasteiger partial charge in [0.2, 0.25) is 0 Å². The highest BCUT2D eigenvalue weighted by Crippen LogP contribution is 2.25. The van der Waals surface area contributed by atoms with E-state index in [9.17, 15) is 4.79 Å². The third-order valence-electron chi connectivity index (χ3n) is 2.19. The molecule has 76 valence electrons. The van der Waals surface area contributed by atoms with E-state index in [4.69, 9.17) is 0 Å². The predicted octanol–water partition coefficient (Wildman–Crippen LogP) is 1.03. The van der Waals surface area contributed by atoms with Crippen LogP contribution in [-0.2, 0) is 9.53 Å². The van der Waals surface area contributed by atoms with Crippen molar-refractivity contribution in [2.75, 3.05) is 19.4 Å². The van der Waals surface area contributed by atoms with Crippen LogP contribution in [0, 0.1) is 0 Å². The molecule has 2 atom stereocenters. The Morgan fingerprint density at radius 1 is 1.69 bits per heavy atom. The molecular weight excluding hydrogens is 186 g/mol. The van der Waals surface area contributed by atoms with Gasteiger partial charge < -0.3 is 10.1 Å². The molecule has 0 aliphatic carbocycles. The quantitative estimate of drug-likeness (QED) is 0.693. The predicted molar refractivity (Wildman–Crippen MR) is 55.0 cm³/mol. The lowest BCUT2D eigenvalue weighted by atomic mass is 10.2. The van der Waals surface area contributed by atoms with Crippen LogP contribution in [0.3, 0.4) is 0 Å². The van der Waals surface area contributed by atoms with Crippen molar-refractivity contribution in [3.05, 3.63) is 0 Å². The summed E-state index contributed by atoms with van der Waals surface area (Å²) in [6.07, 6.45) is 1.69. The summed E-state index contributed by atoms with van der Waals surface area (Å²) in [7, 11) is 1.43. The second-order valence-corrected chi connectivity index (χ2v) is 4.83. The number of nitrogens with one attached hydrogen (secondary N) is 1.